The molecule has 0 saturated carbocycles. The molecule has 0 atom stereocenters. The van der Waals surface area contributed by atoms with E-state index in [0.29, 0.717) is 24.7 Å². The Labute approximate surface area is 125 Å². The predicted octanol–water partition coefficient (Wildman–Crippen LogP) is 1.39. The van der Waals surface area contributed by atoms with Crippen LogP contribution in [0.4, 0.5) is 5.69 Å². The Kier molecular flexibility index (Phi) is 7.36. The molecule has 0 spiro atoms. The van der Waals surface area contributed by atoms with E-state index in [9.17, 15) is 4.79 Å². The maximum atomic E-state index is 11.0. The van der Waals surface area contributed by atoms with Gasteiger partial charge >= 0.3 is 0 Å². The zero-order chi connectivity index (χ0) is 15.0. The minimum Gasteiger partial charge on any atom is -0.383 e. The lowest BCUT2D eigenvalue weighted by molar-refractivity contribution is -0.116. The van der Waals surface area contributed by atoms with E-state index < -0.39 is 0 Å². The van der Waals surface area contributed by atoms with Crippen molar-refractivity contribution in [3.63, 3.8) is 0 Å². The molecule has 0 aliphatic carbocycles. The molecule has 0 radical (unpaired) electrons. The molecule has 1 aromatic rings. The zero-order valence-electron chi connectivity index (χ0n) is 12.0. The molecule has 1 aromatic carbocycles. The van der Waals surface area contributed by atoms with Gasteiger partial charge in [-0.25, -0.2) is 0 Å². The average molecular weight is 300 g/mol. The van der Waals surface area contributed by atoms with Gasteiger partial charge in [0, 0.05) is 37.5 Å². The van der Waals surface area contributed by atoms with Gasteiger partial charge in [-0.1, -0.05) is 17.7 Å². The molecule has 5 nitrogen and oxygen atoms in total. The first-order chi connectivity index (χ1) is 9.58. The Morgan fingerprint density at radius 2 is 2.25 bits per heavy atom. The number of halogens is 1. The van der Waals surface area contributed by atoms with Crippen molar-refractivity contribution in [1.82, 2.24) is 5.32 Å². The molecule has 0 bridgehead atoms. The molecule has 0 fully saturated rings. The van der Waals surface area contributed by atoms with Crippen LogP contribution in [0, 0.1) is 0 Å². The Morgan fingerprint density at radius 3 is 2.80 bits per heavy atom. The smallest absolute Gasteiger partial charge is 0.236 e. The van der Waals surface area contributed by atoms with E-state index >= 15 is 0 Å². The van der Waals surface area contributed by atoms with Crippen LogP contribution >= 0.6 is 11.6 Å². The van der Waals surface area contributed by atoms with E-state index in [1.165, 1.54) is 0 Å². The first-order valence-corrected chi connectivity index (χ1v) is 6.97. The molecule has 6 heteroatoms. The fourth-order valence-electron chi connectivity index (χ4n) is 1.85. The lowest BCUT2D eigenvalue weighted by Gasteiger charge is -2.22. The van der Waals surface area contributed by atoms with Crippen LogP contribution in [0.2, 0.25) is 5.02 Å². The summed E-state index contributed by atoms with van der Waals surface area (Å²) in [5.41, 5.74) is 7.15. The molecule has 0 aliphatic rings. The zero-order valence-corrected chi connectivity index (χ0v) is 12.7. The van der Waals surface area contributed by atoms with Gasteiger partial charge in [-0.05, 0) is 24.6 Å². The van der Waals surface area contributed by atoms with Crippen LogP contribution in [0.5, 0.6) is 0 Å². The van der Waals surface area contributed by atoms with Crippen LogP contribution in [0.1, 0.15) is 12.5 Å². The monoisotopic (exact) mass is 299 g/mol. The molecule has 0 heterocycles. The Balaban J connectivity index is 2.68. The number of carbonyl (C=O) groups excluding carboxylic acids is 1. The summed E-state index contributed by atoms with van der Waals surface area (Å²) in [6.45, 7) is 4.99. The molecule has 3 N–H and O–H groups in total. The number of hydrogen-bond acceptors (Lipinski definition) is 4. The Bertz CT molecular complexity index is 440. The van der Waals surface area contributed by atoms with Gasteiger partial charge in [0.1, 0.15) is 0 Å². The van der Waals surface area contributed by atoms with Gasteiger partial charge in [0.15, 0.2) is 0 Å². The summed E-state index contributed by atoms with van der Waals surface area (Å²) in [5.74, 6) is -0.353. The topological polar surface area (TPSA) is 67.6 Å². The summed E-state index contributed by atoms with van der Waals surface area (Å²) < 4.78 is 4.97. The largest absolute Gasteiger partial charge is 0.383 e. The minimum absolute atomic E-state index is 0.193. The van der Waals surface area contributed by atoms with Gasteiger partial charge in [-0.3, -0.25) is 4.79 Å². The highest BCUT2D eigenvalue weighted by Crippen LogP contribution is 2.23. The van der Waals surface area contributed by atoms with Gasteiger partial charge in [-0.2, -0.15) is 0 Å². The van der Waals surface area contributed by atoms with Crippen LogP contribution in [-0.4, -0.2) is 39.3 Å². The fraction of sp³-hybridized carbons (Fsp3) is 0.500. The number of nitrogens with one attached hydrogen (secondary N) is 1. The van der Waals surface area contributed by atoms with Gasteiger partial charge in [0.25, 0.3) is 0 Å². The third-order valence-corrected chi connectivity index (χ3v) is 3.28. The highest BCUT2D eigenvalue weighted by Gasteiger charge is 2.09. The number of primary amides is 1. The van der Waals surface area contributed by atoms with Gasteiger partial charge in [0.2, 0.25) is 5.91 Å². The van der Waals surface area contributed by atoms with E-state index in [-0.39, 0.29) is 12.5 Å². The minimum atomic E-state index is -0.353. The maximum Gasteiger partial charge on any atom is 0.236 e. The van der Waals surface area contributed by atoms with Crippen molar-refractivity contribution in [1.29, 1.82) is 0 Å². The van der Waals surface area contributed by atoms with E-state index in [2.05, 4.69) is 5.32 Å². The number of nitrogens with two attached hydrogens (primary N) is 1. The number of likely N-dealkylation sites (N-methyl/N-ethyl adjacent to an activating group) is 1. The lowest BCUT2D eigenvalue weighted by atomic mass is 10.2. The summed E-state index contributed by atoms with van der Waals surface area (Å²) in [6, 6.07) is 5.77. The summed E-state index contributed by atoms with van der Waals surface area (Å²) >= 11 is 6.27. The normalized spacial score (nSPS) is 10.6. The first-order valence-electron chi connectivity index (χ1n) is 6.59. The van der Waals surface area contributed by atoms with Crippen LogP contribution in [0.3, 0.4) is 0 Å². The van der Waals surface area contributed by atoms with E-state index in [4.69, 9.17) is 22.1 Å². The summed E-state index contributed by atoms with van der Waals surface area (Å²) in [4.78, 5) is 12.9. The van der Waals surface area contributed by atoms with Crippen molar-refractivity contribution in [2.24, 2.45) is 5.73 Å². The molecule has 1 amide bonds. The second-order valence-electron chi connectivity index (χ2n) is 4.43. The SMILES string of the molecule is CCN(CC(N)=O)c1ccc(CNCCOC)c(Cl)c1. The number of ether oxygens (including phenoxy) is 1. The average Bonchev–Trinajstić information content (AvgIpc) is 2.42. The molecule has 112 valence electrons. The van der Waals surface area contributed by atoms with Crippen LogP contribution < -0.4 is 16.0 Å². The molecule has 0 aliphatic heterocycles. The predicted molar refractivity (Wildman–Crippen MR) is 82.1 cm³/mol. The number of hydrogen-bond donors (Lipinski definition) is 2. The summed E-state index contributed by atoms with van der Waals surface area (Å²) in [7, 11) is 1.67. The number of amides is 1. The third kappa shape index (κ3) is 5.36. The van der Waals surface area contributed by atoms with Crippen molar-refractivity contribution >= 4 is 23.2 Å². The van der Waals surface area contributed by atoms with Crippen molar-refractivity contribution in [3.05, 3.63) is 28.8 Å². The van der Waals surface area contributed by atoms with Crippen molar-refractivity contribution < 1.29 is 9.53 Å². The number of nitrogens with zero attached hydrogens (tertiary/aromatic N) is 1. The maximum absolute atomic E-state index is 11.0. The van der Waals surface area contributed by atoms with Crippen LogP contribution in [-0.2, 0) is 16.1 Å². The lowest BCUT2D eigenvalue weighted by Crippen LogP contribution is -2.33. The van der Waals surface area contributed by atoms with Gasteiger partial charge < -0.3 is 20.7 Å². The van der Waals surface area contributed by atoms with Crippen LogP contribution in [0.15, 0.2) is 18.2 Å². The Hall–Kier alpha value is -1.30. The van der Waals surface area contributed by atoms with Gasteiger partial charge in [0.05, 0.1) is 13.2 Å². The molecule has 1 rings (SSSR count). The Morgan fingerprint density at radius 1 is 1.50 bits per heavy atom. The summed E-state index contributed by atoms with van der Waals surface area (Å²) in [5, 5.41) is 3.92. The van der Waals surface area contributed by atoms with Crippen molar-refractivity contribution in [2.75, 3.05) is 38.3 Å². The number of carbonyl (C=O) groups is 1. The van der Waals surface area contributed by atoms with E-state index in [1.54, 1.807) is 7.11 Å². The second-order valence-corrected chi connectivity index (χ2v) is 4.83. The fourth-order valence-corrected chi connectivity index (χ4v) is 2.09. The number of rotatable bonds is 9. The quantitative estimate of drug-likeness (QED) is 0.676. The summed E-state index contributed by atoms with van der Waals surface area (Å²) in [6.07, 6.45) is 0. The third-order valence-electron chi connectivity index (χ3n) is 2.93. The molecule has 0 saturated heterocycles. The van der Waals surface area contributed by atoms with Crippen molar-refractivity contribution in [3.8, 4) is 0 Å². The molecular formula is C14H22ClN3O2. The number of methoxy groups -OCH3 is 1. The standard InChI is InChI=1S/C14H22ClN3O2/c1-3-18(10-14(16)19)12-5-4-11(13(15)8-12)9-17-6-7-20-2/h4-5,8,17H,3,6-7,9-10H2,1-2H3,(H2,16,19). The highest BCUT2D eigenvalue weighted by atomic mass is 35.5. The van der Waals surface area contributed by atoms with E-state index in [1.807, 2.05) is 30.0 Å². The second kappa shape index (κ2) is 8.79. The molecule has 20 heavy (non-hydrogen) atoms. The van der Waals surface area contributed by atoms with Crippen molar-refractivity contribution in [2.45, 2.75) is 13.5 Å². The van der Waals surface area contributed by atoms with Crippen LogP contribution in [0.25, 0.3) is 0 Å². The molecule has 0 unspecified atom stereocenters. The van der Waals surface area contributed by atoms with Gasteiger partial charge in [-0.15, -0.1) is 0 Å². The molecular weight excluding hydrogens is 278 g/mol. The number of benzene rings is 1. The first kappa shape index (κ1) is 16.8. The number of anilines is 1. The molecule has 0 aromatic heterocycles. The highest BCUT2D eigenvalue weighted by molar-refractivity contribution is 6.31. The van der Waals surface area contributed by atoms with E-state index in [0.717, 1.165) is 17.8 Å².